The predicted octanol–water partition coefficient (Wildman–Crippen LogP) is 2.48. The fourth-order valence-corrected chi connectivity index (χ4v) is 1.77. The van der Waals surface area contributed by atoms with E-state index >= 15 is 0 Å². The highest BCUT2D eigenvalue weighted by atomic mass is 16.4. The van der Waals surface area contributed by atoms with E-state index in [0.29, 0.717) is 19.3 Å². The minimum Gasteiger partial charge on any atom is -0.481 e. The van der Waals surface area contributed by atoms with Gasteiger partial charge in [0.25, 0.3) is 0 Å². The Kier molecular flexibility index (Phi) is 4.28. The molecule has 0 amide bonds. The van der Waals surface area contributed by atoms with Gasteiger partial charge in [0.05, 0.1) is 6.42 Å². The first-order chi connectivity index (χ1) is 7.15. The number of aliphatic carboxylic acids is 1. The number of Topliss-reactive ketones (excluding diaryl/α,β-unsaturated/α-hetero) is 1. The summed E-state index contributed by atoms with van der Waals surface area (Å²) in [6.45, 7) is 2.03. The van der Waals surface area contributed by atoms with Gasteiger partial charge in [-0.2, -0.15) is 0 Å². The Morgan fingerprint density at radius 3 is 2.73 bits per heavy atom. The third-order valence-electron chi connectivity index (χ3n) is 2.51. The van der Waals surface area contributed by atoms with Gasteiger partial charge in [0.1, 0.15) is 0 Å². The van der Waals surface area contributed by atoms with Crippen LogP contribution < -0.4 is 0 Å². The summed E-state index contributed by atoms with van der Waals surface area (Å²) in [7, 11) is 0. The Balaban J connectivity index is 2.72. The minimum absolute atomic E-state index is 0.0149. The van der Waals surface area contributed by atoms with Gasteiger partial charge in [0, 0.05) is 6.42 Å². The van der Waals surface area contributed by atoms with E-state index < -0.39 is 5.97 Å². The summed E-state index contributed by atoms with van der Waals surface area (Å²) in [5.74, 6) is -0.733. The summed E-state index contributed by atoms with van der Waals surface area (Å²) in [5, 5.41) is 8.69. The molecule has 3 heteroatoms. The second-order valence-electron chi connectivity index (χ2n) is 3.66. The van der Waals surface area contributed by atoms with Gasteiger partial charge in [-0.3, -0.25) is 9.59 Å². The zero-order valence-electron chi connectivity index (χ0n) is 8.95. The molecule has 0 bridgehead atoms. The van der Waals surface area contributed by atoms with Crippen LogP contribution in [0.15, 0.2) is 23.3 Å². The first kappa shape index (κ1) is 11.7. The van der Waals surface area contributed by atoms with Crippen molar-refractivity contribution in [1.29, 1.82) is 0 Å². The van der Waals surface area contributed by atoms with Crippen molar-refractivity contribution in [3.05, 3.63) is 23.3 Å². The second-order valence-corrected chi connectivity index (χ2v) is 3.66. The molecule has 0 heterocycles. The van der Waals surface area contributed by atoms with Gasteiger partial charge in [-0.05, 0) is 24.8 Å². The number of rotatable bonds is 5. The van der Waals surface area contributed by atoms with Crippen molar-refractivity contribution in [3.63, 3.8) is 0 Å². The van der Waals surface area contributed by atoms with Crippen molar-refractivity contribution in [2.75, 3.05) is 0 Å². The molecule has 0 fully saturated rings. The lowest BCUT2D eigenvalue weighted by Crippen LogP contribution is -1.99. The van der Waals surface area contributed by atoms with Gasteiger partial charge in [-0.25, -0.2) is 0 Å². The number of hydrogen-bond donors (Lipinski definition) is 1. The fraction of sp³-hybridized carbons (Fsp3) is 0.500. The van der Waals surface area contributed by atoms with E-state index in [0.717, 1.165) is 17.6 Å². The molecule has 0 aromatic heterocycles. The summed E-state index contributed by atoms with van der Waals surface area (Å²) in [6.07, 6.45) is 6.60. The molecule has 1 rings (SSSR count). The molecular weight excluding hydrogens is 192 g/mol. The minimum atomic E-state index is -0.850. The monoisotopic (exact) mass is 208 g/mol. The maximum Gasteiger partial charge on any atom is 0.307 e. The van der Waals surface area contributed by atoms with Crippen molar-refractivity contribution in [3.8, 4) is 0 Å². The lowest BCUT2D eigenvalue weighted by atomic mass is 10.0. The van der Waals surface area contributed by atoms with E-state index in [1.54, 1.807) is 0 Å². The lowest BCUT2D eigenvalue weighted by molar-refractivity contribution is -0.136. The molecule has 0 aliphatic heterocycles. The number of carbonyl (C=O) groups excluding carboxylic acids is 1. The van der Waals surface area contributed by atoms with E-state index in [-0.39, 0.29) is 12.2 Å². The molecule has 15 heavy (non-hydrogen) atoms. The predicted molar refractivity (Wildman–Crippen MR) is 57.6 cm³/mol. The Morgan fingerprint density at radius 1 is 1.40 bits per heavy atom. The molecule has 1 aliphatic rings. The van der Waals surface area contributed by atoms with E-state index in [1.807, 2.05) is 19.1 Å². The third-order valence-corrected chi connectivity index (χ3v) is 2.51. The number of hydrogen-bond acceptors (Lipinski definition) is 2. The molecule has 82 valence electrons. The van der Waals surface area contributed by atoms with Crippen molar-refractivity contribution in [1.82, 2.24) is 0 Å². The van der Waals surface area contributed by atoms with Crippen LogP contribution in [0.5, 0.6) is 0 Å². The third kappa shape index (κ3) is 3.35. The van der Waals surface area contributed by atoms with Crippen LogP contribution in [0.3, 0.4) is 0 Å². The molecule has 0 aromatic rings. The van der Waals surface area contributed by atoms with Crippen LogP contribution in [-0.2, 0) is 9.59 Å². The van der Waals surface area contributed by atoms with Crippen molar-refractivity contribution in [2.45, 2.75) is 39.0 Å². The Hall–Kier alpha value is -1.38. The van der Waals surface area contributed by atoms with E-state index in [1.165, 1.54) is 0 Å². The maximum atomic E-state index is 11.5. The first-order valence-corrected chi connectivity index (χ1v) is 5.26. The highest BCUT2D eigenvalue weighted by Crippen LogP contribution is 2.28. The number of allylic oxidation sites excluding steroid dienone is 3. The largest absolute Gasteiger partial charge is 0.481 e. The number of carboxylic acids is 1. The molecule has 0 unspecified atom stereocenters. The highest BCUT2D eigenvalue weighted by molar-refractivity contribution is 5.99. The molecular formula is C12H16O3. The van der Waals surface area contributed by atoms with Crippen LogP contribution in [0.25, 0.3) is 0 Å². The zero-order chi connectivity index (χ0) is 11.3. The average molecular weight is 208 g/mol. The molecule has 0 saturated heterocycles. The van der Waals surface area contributed by atoms with Gasteiger partial charge in [-0.1, -0.05) is 24.6 Å². The van der Waals surface area contributed by atoms with Gasteiger partial charge in [-0.15, -0.1) is 0 Å². The lowest BCUT2D eigenvalue weighted by Gasteiger charge is -2.00. The topological polar surface area (TPSA) is 54.4 Å². The van der Waals surface area contributed by atoms with Crippen LogP contribution in [0.4, 0.5) is 0 Å². The quantitative estimate of drug-likeness (QED) is 0.706. The van der Waals surface area contributed by atoms with Crippen LogP contribution in [-0.4, -0.2) is 16.9 Å². The van der Waals surface area contributed by atoms with Gasteiger partial charge >= 0.3 is 5.97 Å². The zero-order valence-corrected chi connectivity index (χ0v) is 8.95. The van der Waals surface area contributed by atoms with Gasteiger partial charge in [0.2, 0.25) is 0 Å². The summed E-state index contributed by atoms with van der Waals surface area (Å²) in [5.41, 5.74) is 1.54. The molecule has 0 saturated carbocycles. The van der Waals surface area contributed by atoms with Crippen LogP contribution in [0.1, 0.15) is 39.0 Å². The van der Waals surface area contributed by atoms with E-state index in [4.69, 9.17) is 5.11 Å². The van der Waals surface area contributed by atoms with Crippen LogP contribution >= 0.6 is 0 Å². The SMILES string of the molecule is CC/C=C/CC1=C(CC(=O)O)CCC1=O. The number of carboxylic acid groups (broad SMARTS) is 1. The molecule has 1 N–H and O–H groups in total. The summed E-state index contributed by atoms with van der Waals surface area (Å²) < 4.78 is 0. The van der Waals surface area contributed by atoms with Crippen LogP contribution in [0.2, 0.25) is 0 Å². The average Bonchev–Trinajstić information content (AvgIpc) is 2.49. The van der Waals surface area contributed by atoms with Crippen molar-refractivity contribution >= 4 is 11.8 Å². The van der Waals surface area contributed by atoms with Crippen molar-refractivity contribution < 1.29 is 14.7 Å². The molecule has 1 aliphatic carbocycles. The summed E-state index contributed by atoms with van der Waals surface area (Å²) in [6, 6.07) is 0. The fourth-order valence-electron chi connectivity index (χ4n) is 1.77. The van der Waals surface area contributed by atoms with Gasteiger partial charge in [0.15, 0.2) is 5.78 Å². The molecule has 0 radical (unpaired) electrons. The Morgan fingerprint density at radius 2 is 2.13 bits per heavy atom. The van der Waals surface area contributed by atoms with E-state index in [9.17, 15) is 9.59 Å². The molecule has 0 spiro atoms. The second kappa shape index (κ2) is 5.49. The smallest absolute Gasteiger partial charge is 0.307 e. The molecule has 0 atom stereocenters. The van der Waals surface area contributed by atoms with Crippen molar-refractivity contribution in [2.24, 2.45) is 0 Å². The Labute approximate surface area is 89.5 Å². The summed E-state index contributed by atoms with van der Waals surface area (Å²) in [4.78, 5) is 22.0. The normalized spacial score (nSPS) is 16.7. The number of carbonyl (C=O) groups is 2. The molecule has 3 nitrogen and oxygen atoms in total. The van der Waals surface area contributed by atoms with Crippen LogP contribution in [0, 0.1) is 0 Å². The maximum absolute atomic E-state index is 11.5. The van der Waals surface area contributed by atoms with Gasteiger partial charge < -0.3 is 5.11 Å². The highest BCUT2D eigenvalue weighted by Gasteiger charge is 2.22. The summed E-state index contributed by atoms with van der Waals surface area (Å²) >= 11 is 0. The molecule has 0 aromatic carbocycles. The first-order valence-electron chi connectivity index (χ1n) is 5.26. The Bertz CT molecular complexity index is 324. The van der Waals surface area contributed by atoms with E-state index in [2.05, 4.69) is 0 Å². The number of ketones is 1. The standard InChI is InChI=1S/C12H16O3/c1-2-3-4-5-10-9(8-12(14)15)6-7-11(10)13/h3-4H,2,5-8H2,1H3,(H,14,15)/b4-3+.